The van der Waals surface area contributed by atoms with Crippen LogP contribution in [-0.4, -0.2) is 115 Å². The normalized spacial score (nSPS) is 33.0. The maximum Gasteiger partial charge on any atom is 0.197 e. The van der Waals surface area contributed by atoms with Gasteiger partial charge in [0.2, 0.25) is 0 Å². The number of phenols is 3. The number of hydrogen-bond donors (Lipinski definition) is 9. The van der Waals surface area contributed by atoms with Crippen LogP contribution < -0.4 is 10.2 Å². The molecular formula is C28H32O15. The number of phenolic OH excluding ortho intramolecular Hbond substituents is 3. The van der Waals surface area contributed by atoms with Crippen molar-refractivity contribution in [1.29, 1.82) is 0 Å². The molecule has 0 bridgehead atoms. The topological polar surface area (TPSA) is 249 Å². The van der Waals surface area contributed by atoms with E-state index >= 15 is 0 Å². The lowest BCUT2D eigenvalue weighted by Crippen LogP contribution is -2.61. The van der Waals surface area contributed by atoms with Crippen molar-refractivity contribution < 1.29 is 69.3 Å². The minimum Gasteiger partial charge on any atom is -0.506 e. The second kappa shape index (κ2) is 11.9. The van der Waals surface area contributed by atoms with Crippen LogP contribution in [0.25, 0.3) is 22.3 Å². The molecule has 2 saturated heterocycles. The van der Waals surface area contributed by atoms with Gasteiger partial charge >= 0.3 is 0 Å². The molecule has 4 unspecified atom stereocenters. The third-order valence-electron chi connectivity index (χ3n) is 7.73. The zero-order valence-electron chi connectivity index (χ0n) is 22.8. The molecule has 234 valence electrons. The molecule has 5 rings (SSSR count). The summed E-state index contributed by atoms with van der Waals surface area (Å²) in [7, 11) is 1.23. The largest absolute Gasteiger partial charge is 0.506 e. The molecule has 3 heterocycles. The smallest absolute Gasteiger partial charge is 0.197 e. The van der Waals surface area contributed by atoms with Crippen molar-refractivity contribution in [2.45, 2.75) is 68.1 Å². The fourth-order valence-electron chi connectivity index (χ4n) is 5.31. The zero-order valence-corrected chi connectivity index (χ0v) is 22.8. The van der Waals surface area contributed by atoms with E-state index in [1.165, 1.54) is 38.3 Å². The molecule has 2 aliphatic heterocycles. The molecule has 2 aliphatic rings. The van der Waals surface area contributed by atoms with Crippen molar-refractivity contribution in [3.8, 4) is 34.3 Å². The van der Waals surface area contributed by atoms with Crippen LogP contribution in [0.4, 0.5) is 0 Å². The molecule has 3 aromatic rings. The Morgan fingerprint density at radius 3 is 2.23 bits per heavy atom. The summed E-state index contributed by atoms with van der Waals surface area (Å²) in [4.78, 5) is 13.3. The maximum absolute atomic E-state index is 13.3. The third-order valence-corrected chi connectivity index (χ3v) is 7.73. The lowest BCUT2D eigenvalue weighted by Gasteiger charge is -2.46. The Labute approximate surface area is 242 Å². The van der Waals surface area contributed by atoms with Crippen molar-refractivity contribution in [2.24, 2.45) is 0 Å². The number of ether oxygens (including phenoxy) is 4. The van der Waals surface area contributed by atoms with Crippen LogP contribution >= 0.6 is 0 Å². The first kappa shape index (κ1) is 30.9. The van der Waals surface area contributed by atoms with Gasteiger partial charge in [-0.25, -0.2) is 0 Å². The van der Waals surface area contributed by atoms with E-state index in [2.05, 4.69) is 0 Å². The van der Waals surface area contributed by atoms with Crippen LogP contribution in [-0.2, 0) is 14.2 Å². The third kappa shape index (κ3) is 5.39. The number of aliphatic hydroxyl groups is 6. The SMILES string of the molecule is COc1cc2oc(-c3ccc(O)c(O)c3)cc(=O)c2c(O)c1[C@@H]1OC(CO)[C@@H](O)[C@H](O)C1O[C@@H]1OC(C)[C@H](O)[C@H](O)C1O. The lowest BCUT2D eigenvalue weighted by molar-refractivity contribution is -0.338. The lowest BCUT2D eigenvalue weighted by atomic mass is 9.89. The predicted octanol–water partition coefficient (Wildman–Crippen LogP) is -1.05. The fraction of sp³-hybridized carbons (Fsp3) is 0.464. The highest BCUT2D eigenvalue weighted by Gasteiger charge is 2.51. The first-order valence-electron chi connectivity index (χ1n) is 13.3. The summed E-state index contributed by atoms with van der Waals surface area (Å²) in [6, 6.07) is 6.04. The summed E-state index contributed by atoms with van der Waals surface area (Å²) in [6.45, 7) is 0.636. The first-order valence-corrected chi connectivity index (χ1v) is 13.3. The highest BCUT2D eigenvalue weighted by molar-refractivity contribution is 5.88. The summed E-state index contributed by atoms with van der Waals surface area (Å²) in [6.07, 6.45) is -15.8. The van der Waals surface area contributed by atoms with Gasteiger partial charge in [0.25, 0.3) is 0 Å². The molecule has 15 nitrogen and oxygen atoms in total. The van der Waals surface area contributed by atoms with Gasteiger partial charge in [0.1, 0.15) is 77.1 Å². The van der Waals surface area contributed by atoms with Crippen LogP contribution in [0.15, 0.2) is 39.5 Å². The summed E-state index contributed by atoms with van der Waals surface area (Å²) < 4.78 is 28.4. The van der Waals surface area contributed by atoms with Crippen LogP contribution in [0, 0.1) is 0 Å². The van der Waals surface area contributed by atoms with E-state index in [4.69, 9.17) is 23.4 Å². The molecule has 15 heteroatoms. The standard InChI is InChI=1S/C28H32O15/c1-9-20(33)23(36)25(38)28(40-9)43-27-24(37)21(34)17(8-29)42-26(27)19-15(39-2)7-16-18(22(19)35)13(32)6-14(41-16)10-3-4-11(30)12(31)5-10/h3-7,9,17,20-21,23-31,33-38H,8H2,1-2H3/t9?,17?,20-,21+,23-,24-,25?,26-,27?,28-/m0/s1. The molecule has 0 radical (unpaired) electrons. The summed E-state index contributed by atoms with van der Waals surface area (Å²) in [5.74, 6) is -1.71. The van der Waals surface area contributed by atoms with E-state index in [0.29, 0.717) is 0 Å². The van der Waals surface area contributed by atoms with Crippen molar-refractivity contribution in [3.63, 3.8) is 0 Å². The van der Waals surface area contributed by atoms with Gasteiger partial charge in [-0.2, -0.15) is 0 Å². The van der Waals surface area contributed by atoms with Gasteiger partial charge in [0.05, 0.1) is 25.4 Å². The quantitative estimate of drug-likeness (QED) is 0.152. The predicted molar refractivity (Wildman–Crippen MR) is 143 cm³/mol. The van der Waals surface area contributed by atoms with Gasteiger partial charge in [-0.3, -0.25) is 4.79 Å². The van der Waals surface area contributed by atoms with Gasteiger partial charge < -0.3 is 69.3 Å². The van der Waals surface area contributed by atoms with Gasteiger partial charge in [-0.1, -0.05) is 0 Å². The molecule has 0 aliphatic carbocycles. The first-order chi connectivity index (χ1) is 20.4. The Morgan fingerprint density at radius 2 is 1.58 bits per heavy atom. The molecule has 0 saturated carbocycles. The summed E-state index contributed by atoms with van der Waals surface area (Å²) >= 11 is 0. The number of rotatable bonds is 6. The second-order valence-electron chi connectivity index (χ2n) is 10.4. The van der Waals surface area contributed by atoms with Gasteiger partial charge in [0.15, 0.2) is 23.2 Å². The number of fused-ring (bicyclic) bond motifs is 1. The number of aromatic hydroxyl groups is 3. The van der Waals surface area contributed by atoms with Crippen LogP contribution in [0.3, 0.4) is 0 Å². The highest BCUT2D eigenvalue weighted by atomic mass is 16.7. The van der Waals surface area contributed by atoms with Crippen molar-refractivity contribution in [1.82, 2.24) is 0 Å². The minimum absolute atomic E-state index is 0.0191. The molecule has 0 amide bonds. The van der Waals surface area contributed by atoms with Crippen LogP contribution in [0.5, 0.6) is 23.0 Å². The Bertz CT molecular complexity index is 1540. The molecule has 2 aromatic carbocycles. The van der Waals surface area contributed by atoms with E-state index in [1.807, 2.05) is 0 Å². The minimum atomic E-state index is -1.83. The summed E-state index contributed by atoms with van der Waals surface area (Å²) in [5.41, 5.74) is -0.908. The number of aliphatic hydroxyl groups excluding tert-OH is 6. The molecule has 10 atom stereocenters. The number of hydrogen-bond acceptors (Lipinski definition) is 15. The van der Waals surface area contributed by atoms with Crippen LogP contribution in [0.2, 0.25) is 0 Å². The molecule has 1 aromatic heterocycles. The zero-order chi connectivity index (χ0) is 31.3. The van der Waals surface area contributed by atoms with Gasteiger partial charge in [0, 0.05) is 17.7 Å². The number of benzene rings is 2. The Hall–Kier alpha value is -3.51. The Balaban J connectivity index is 1.62. The second-order valence-corrected chi connectivity index (χ2v) is 10.4. The highest BCUT2D eigenvalue weighted by Crippen LogP contribution is 2.46. The van der Waals surface area contributed by atoms with E-state index in [0.717, 1.165) is 6.07 Å². The molecular weight excluding hydrogens is 576 g/mol. The van der Waals surface area contributed by atoms with Crippen molar-refractivity contribution in [3.05, 3.63) is 46.1 Å². The molecule has 0 spiro atoms. The molecule has 2 fully saturated rings. The van der Waals surface area contributed by atoms with E-state index in [-0.39, 0.29) is 39.4 Å². The van der Waals surface area contributed by atoms with Crippen molar-refractivity contribution in [2.75, 3.05) is 13.7 Å². The van der Waals surface area contributed by atoms with Crippen molar-refractivity contribution >= 4 is 11.0 Å². The molecule has 43 heavy (non-hydrogen) atoms. The van der Waals surface area contributed by atoms with Crippen LogP contribution in [0.1, 0.15) is 18.6 Å². The van der Waals surface area contributed by atoms with Gasteiger partial charge in [-0.05, 0) is 25.1 Å². The monoisotopic (exact) mass is 608 g/mol. The van der Waals surface area contributed by atoms with E-state index < -0.39 is 84.8 Å². The average Bonchev–Trinajstić information content (AvgIpc) is 2.98. The Morgan fingerprint density at radius 1 is 0.860 bits per heavy atom. The van der Waals surface area contributed by atoms with E-state index in [1.54, 1.807) is 0 Å². The summed E-state index contributed by atoms with van der Waals surface area (Å²) in [5, 5.41) is 92.8. The fourth-order valence-corrected chi connectivity index (χ4v) is 5.31. The van der Waals surface area contributed by atoms with E-state index in [9.17, 15) is 50.8 Å². The Kier molecular flexibility index (Phi) is 8.54. The van der Waals surface area contributed by atoms with Gasteiger partial charge in [-0.15, -0.1) is 0 Å². The maximum atomic E-state index is 13.3. The number of methoxy groups -OCH3 is 1. The average molecular weight is 609 g/mol. The molecule has 9 N–H and O–H groups in total.